The maximum absolute atomic E-state index is 12.5. The van der Waals surface area contributed by atoms with Gasteiger partial charge < -0.3 is 15.0 Å². The molecule has 1 aliphatic heterocycles. The molecule has 3 rings (SSSR count). The molecule has 0 saturated carbocycles. The second-order valence-electron chi connectivity index (χ2n) is 5.84. The van der Waals surface area contributed by atoms with Crippen LogP contribution in [0, 0.1) is 6.92 Å². The molecule has 2 aromatic rings. The van der Waals surface area contributed by atoms with Crippen molar-refractivity contribution in [3.8, 4) is 0 Å². The topological polar surface area (TPSA) is 58.6 Å². The van der Waals surface area contributed by atoms with Gasteiger partial charge in [-0.2, -0.15) is 0 Å². The Morgan fingerprint density at radius 1 is 1.33 bits per heavy atom. The van der Waals surface area contributed by atoms with E-state index in [1.165, 1.54) is 5.56 Å². The van der Waals surface area contributed by atoms with Crippen LogP contribution in [0.4, 0.5) is 0 Å². The van der Waals surface area contributed by atoms with Crippen molar-refractivity contribution in [3.63, 3.8) is 0 Å². The molecule has 1 atom stereocenters. The van der Waals surface area contributed by atoms with Crippen LogP contribution in [0.2, 0.25) is 0 Å². The molecule has 6 heteroatoms. The van der Waals surface area contributed by atoms with E-state index in [-0.39, 0.29) is 25.0 Å². The van der Waals surface area contributed by atoms with Gasteiger partial charge in [-0.15, -0.1) is 11.3 Å². The lowest BCUT2D eigenvalue weighted by molar-refractivity contribution is -0.155. The minimum absolute atomic E-state index is 0.0348. The maximum atomic E-state index is 12.5. The number of amides is 2. The van der Waals surface area contributed by atoms with Gasteiger partial charge in [-0.25, -0.2) is 0 Å². The fourth-order valence-electron chi connectivity index (χ4n) is 2.60. The predicted molar refractivity (Wildman–Crippen MR) is 92.5 cm³/mol. The summed E-state index contributed by atoms with van der Waals surface area (Å²) in [6, 6.07) is 11.3. The van der Waals surface area contributed by atoms with Crippen LogP contribution >= 0.6 is 11.3 Å². The molecule has 0 aliphatic carbocycles. The van der Waals surface area contributed by atoms with Crippen molar-refractivity contribution in [2.45, 2.75) is 26.1 Å². The summed E-state index contributed by atoms with van der Waals surface area (Å²) in [7, 11) is 0. The fraction of sp³-hybridized carbons (Fsp3) is 0.333. The molecule has 5 nitrogen and oxygen atoms in total. The average Bonchev–Trinajstić information content (AvgIpc) is 3.09. The first-order chi connectivity index (χ1) is 11.6. The first-order valence-electron chi connectivity index (χ1n) is 7.86. The summed E-state index contributed by atoms with van der Waals surface area (Å²) in [5.74, 6) is -0.328. The number of morpholine rings is 1. The number of aryl methyl sites for hydroxylation is 1. The first-order valence-corrected chi connectivity index (χ1v) is 8.74. The normalized spacial score (nSPS) is 17.8. The number of hydrogen-bond acceptors (Lipinski definition) is 4. The largest absolute Gasteiger partial charge is 0.369 e. The lowest BCUT2D eigenvalue weighted by Gasteiger charge is -2.34. The van der Waals surface area contributed by atoms with Gasteiger partial charge in [0.05, 0.1) is 13.2 Å². The van der Waals surface area contributed by atoms with Crippen molar-refractivity contribution in [1.29, 1.82) is 0 Å². The standard InChI is InChI=1S/C18H20N2O3S/c1-13-4-6-14(7-5-13)9-19-18(22)16-11-23-12-17(21)20(16)10-15-3-2-8-24-15/h2-8,16H,9-12H2,1H3,(H,19,22)/t16-/m0/s1. The van der Waals surface area contributed by atoms with E-state index in [2.05, 4.69) is 5.32 Å². The smallest absolute Gasteiger partial charge is 0.249 e. The van der Waals surface area contributed by atoms with E-state index < -0.39 is 6.04 Å². The third-order valence-corrected chi connectivity index (χ3v) is 4.86. The molecule has 0 radical (unpaired) electrons. The van der Waals surface area contributed by atoms with Crippen LogP contribution in [0.15, 0.2) is 41.8 Å². The molecule has 0 spiro atoms. The Morgan fingerprint density at radius 3 is 2.83 bits per heavy atom. The highest BCUT2D eigenvalue weighted by Crippen LogP contribution is 2.17. The lowest BCUT2D eigenvalue weighted by Crippen LogP contribution is -2.55. The van der Waals surface area contributed by atoms with Gasteiger partial charge in [0, 0.05) is 11.4 Å². The van der Waals surface area contributed by atoms with Crippen LogP contribution in [0.1, 0.15) is 16.0 Å². The summed E-state index contributed by atoms with van der Waals surface area (Å²) in [5.41, 5.74) is 2.21. The van der Waals surface area contributed by atoms with Gasteiger partial charge in [0.15, 0.2) is 0 Å². The van der Waals surface area contributed by atoms with Gasteiger partial charge in [-0.05, 0) is 23.9 Å². The molecule has 1 N–H and O–H groups in total. The molecule has 24 heavy (non-hydrogen) atoms. The number of nitrogens with zero attached hydrogens (tertiary/aromatic N) is 1. The Balaban J connectivity index is 1.64. The molecule has 1 aromatic heterocycles. The van der Waals surface area contributed by atoms with Crippen LogP contribution in [0.3, 0.4) is 0 Å². The number of rotatable bonds is 5. The van der Waals surface area contributed by atoms with Gasteiger partial charge in [0.1, 0.15) is 12.6 Å². The van der Waals surface area contributed by atoms with E-state index in [1.807, 2.05) is 48.7 Å². The number of nitrogens with one attached hydrogen (secondary N) is 1. The third-order valence-electron chi connectivity index (χ3n) is 3.99. The zero-order valence-electron chi connectivity index (χ0n) is 13.5. The molecule has 1 aromatic carbocycles. The molecule has 1 fully saturated rings. The van der Waals surface area contributed by atoms with E-state index >= 15 is 0 Å². The number of hydrogen-bond donors (Lipinski definition) is 1. The SMILES string of the molecule is Cc1ccc(CNC(=O)[C@@H]2COCC(=O)N2Cc2cccs2)cc1. The van der Waals surface area contributed by atoms with Crippen LogP contribution in [-0.4, -0.2) is 36.0 Å². The molecular formula is C18H20N2O3S. The molecule has 2 heterocycles. The number of carbonyl (C=O) groups is 2. The quantitative estimate of drug-likeness (QED) is 0.904. The summed E-state index contributed by atoms with van der Waals surface area (Å²) in [6.07, 6.45) is 0. The van der Waals surface area contributed by atoms with Crippen molar-refractivity contribution < 1.29 is 14.3 Å². The van der Waals surface area contributed by atoms with Crippen molar-refractivity contribution in [2.24, 2.45) is 0 Å². The highest BCUT2D eigenvalue weighted by molar-refractivity contribution is 7.09. The van der Waals surface area contributed by atoms with Gasteiger partial charge in [0.2, 0.25) is 11.8 Å². The zero-order valence-corrected chi connectivity index (χ0v) is 14.3. The van der Waals surface area contributed by atoms with Crippen LogP contribution in [0.5, 0.6) is 0 Å². The fourth-order valence-corrected chi connectivity index (χ4v) is 3.31. The minimum atomic E-state index is -0.584. The second kappa shape index (κ2) is 7.59. The summed E-state index contributed by atoms with van der Waals surface area (Å²) >= 11 is 1.58. The Morgan fingerprint density at radius 2 is 2.12 bits per heavy atom. The molecule has 1 aliphatic rings. The van der Waals surface area contributed by atoms with Crippen LogP contribution < -0.4 is 5.32 Å². The number of benzene rings is 1. The van der Waals surface area contributed by atoms with Gasteiger partial charge in [-0.3, -0.25) is 9.59 Å². The summed E-state index contributed by atoms with van der Waals surface area (Å²) in [5, 5.41) is 4.87. The third kappa shape index (κ3) is 4.01. The molecular weight excluding hydrogens is 324 g/mol. The summed E-state index contributed by atoms with van der Waals surface area (Å²) in [4.78, 5) is 27.4. The highest BCUT2D eigenvalue weighted by Gasteiger charge is 2.34. The van der Waals surface area contributed by atoms with E-state index in [9.17, 15) is 9.59 Å². The molecule has 126 valence electrons. The van der Waals surface area contributed by atoms with Crippen LogP contribution in [0.25, 0.3) is 0 Å². The minimum Gasteiger partial charge on any atom is -0.369 e. The van der Waals surface area contributed by atoms with E-state index in [4.69, 9.17) is 4.74 Å². The monoisotopic (exact) mass is 344 g/mol. The number of thiophene rings is 1. The lowest BCUT2D eigenvalue weighted by atomic mass is 10.1. The van der Waals surface area contributed by atoms with E-state index in [0.29, 0.717) is 13.1 Å². The van der Waals surface area contributed by atoms with Gasteiger partial charge >= 0.3 is 0 Å². The number of ether oxygens (including phenoxy) is 1. The Bertz CT molecular complexity index is 698. The Labute approximate surface area is 145 Å². The first kappa shape index (κ1) is 16.7. The van der Waals surface area contributed by atoms with Crippen molar-refractivity contribution in [1.82, 2.24) is 10.2 Å². The van der Waals surface area contributed by atoms with E-state index in [0.717, 1.165) is 10.4 Å². The zero-order chi connectivity index (χ0) is 16.9. The van der Waals surface area contributed by atoms with Gasteiger partial charge in [0.25, 0.3) is 0 Å². The Kier molecular flexibility index (Phi) is 5.27. The van der Waals surface area contributed by atoms with E-state index in [1.54, 1.807) is 16.2 Å². The molecule has 0 bridgehead atoms. The van der Waals surface area contributed by atoms with Gasteiger partial charge in [-0.1, -0.05) is 35.9 Å². The van der Waals surface area contributed by atoms with Crippen molar-refractivity contribution >= 4 is 23.2 Å². The van der Waals surface area contributed by atoms with Crippen molar-refractivity contribution in [3.05, 3.63) is 57.8 Å². The molecule has 1 saturated heterocycles. The second-order valence-corrected chi connectivity index (χ2v) is 6.87. The summed E-state index contributed by atoms with van der Waals surface area (Å²) < 4.78 is 5.28. The molecule has 2 amide bonds. The average molecular weight is 344 g/mol. The van der Waals surface area contributed by atoms with Crippen molar-refractivity contribution in [2.75, 3.05) is 13.2 Å². The highest BCUT2D eigenvalue weighted by atomic mass is 32.1. The molecule has 0 unspecified atom stereocenters. The number of carbonyl (C=O) groups excluding carboxylic acids is 2. The van der Waals surface area contributed by atoms with Crippen LogP contribution in [-0.2, 0) is 27.4 Å². The predicted octanol–water partition coefficient (Wildman–Crippen LogP) is 2.10. The summed E-state index contributed by atoms with van der Waals surface area (Å²) in [6.45, 7) is 3.18. The maximum Gasteiger partial charge on any atom is 0.249 e. The Hall–Kier alpha value is -2.18.